The van der Waals surface area contributed by atoms with Crippen LogP contribution in [0.3, 0.4) is 0 Å². The first-order valence-electron chi connectivity index (χ1n) is 8.19. The number of nitrogens with one attached hydrogen (secondary N) is 1. The minimum absolute atomic E-state index is 0.0998. The molecule has 22 heavy (non-hydrogen) atoms. The summed E-state index contributed by atoms with van der Waals surface area (Å²) in [5.41, 5.74) is 2.62. The summed E-state index contributed by atoms with van der Waals surface area (Å²) in [7, 11) is 3.88. The largest absolute Gasteiger partial charge is 0.354 e. The molecule has 122 valence electrons. The zero-order valence-corrected chi connectivity index (χ0v) is 14.0. The molecular formula is C17H28N4O. The fourth-order valence-corrected chi connectivity index (χ4v) is 2.80. The van der Waals surface area contributed by atoms with Gasteiger partial charge in [-0.2, -0.15) is 5.10 Å². The summed E-state index contributed by atoms with van der Waals surface area (Å²) in [5, 5.41) is 7.22. The van der Waals surface area contributed by atoms with Gasteiger partial charge in [0, 0.05) is 31.9 Å². The third-order valence-electron chi connectivity index (χ3n) is 4.36. The average molecular weight is 304 g/mol. The molecule has 1 amide bonds. The van der Waals surface area contributed by atoms with Crippen molar-refractivity contribution in [2.24, 2.45) is 7.05 Å². The zero-order valence-electron chi connectivity index (χ0n) is 14.0. The van der Waals surface area contributed by atoms with Gasteiger partial charge in [0.25, 0.3) is 0 Å². The lowest BCUT2D eigenvalue weighted by Crippen LogP contribution is -2.43. The van der Waals surface area contributed by atoms with Gasteiger partial charge in [-0.1, -0.05) is 11.6 Å². The maximum absolute atomic E-state index is 12.2. The van der Waals surface area contributed by atoms with Crippen LogP contribution in [0.25, 0.3) is 0 Å². The van der Waals surface area contributed by atoms with E-state index in [0.29, 0.717) is 0 Å². The number of allylic oxidation sites excluding steroid dienone is 1. The minimum Gasteiger partial charge on any atom is -0.354 e. The van der Waals surface area contributed by atoms with E-state index in [1.54, 1.807) is 4.68 Å². The topological polar surface area (TPSA) is 50.2 Å². The van der Waals surface area contributed by atoms with E-state index < -0.39 is 0 Å². The number of carbonyl (C=O) groups excluding carboxylic acids is 1. The Kier molecular flexibility index (Phi) is 6.19. The van der Waals surface area contributed by atoms with Gasteiger partial charge in [0.05, 0.1) is 12.2 Å². The lowest BCUT2D eigenvalue weighted by Gasteiger charge is -2.23. The minimum atomic E-state index is -0.138. The van der Waals surface area contributed by atoms with Crippen molar-refractivity contribution >= 4 is 5.91 Å². The van der Waals surface area contributed by atoms with E-state index in [9.17, 15) is 4.79 Å². The average Bonchev–Trinajstić information content (AvgIpc) is 2.92. The number of rotatable bonds is 7. The molecule has 0 saturated carbocycles. The van der Waals surface area contributed by atoms with Crippen LogP contribution in [-0.2, 0) is 18.4 Å². The van der Waals surface area contributed by atoms with Crippen LogP contribution >= 0.6 is 0 Å². The van der Waals surface area contributed by atoms with Crippen LogP contribution in [-0.4, -0.2) is 40.2 Å². The molecule has 0 bridgehead atoms. The molecule has 0 aliphatic heterocycles. The van der Waals surface area contributed by atoms with Gasteiger partial charge in [-0.15, -0.1) is 0 Å². The second kappa shape index (κ2) is 8.13. The Hall–Kier alpha value is -1.62. The molecule has 0 saturated heterocycles. The predicted octanol–water partition coefficient (Wildman–Crippen LogP) is 2.25. The van der Waals surface area contributed by atoms with Gasteiger partial charge in [0.1, 0.15) is 0 Å². The Morgan fingerprint density at radius 1 is 1.50 bits per heavy atom. The molecule has 1 heterocycles. The van der Waals surface area contributed by atoms with Crippen LogP contribution in [0, 0.1) is 0 Å². The highest BCUT2D eigenvalue weighted by Gasteiger charge is 2.18. The summed E-state index contributed by atoms with van der Waals surface area (Å²) in [4.78, 5) is 14.3. The van der Waals surface area contributed by atoms with Gasteiger partial charge >= 0.3 is 0 Å². The van der Waals surface area contributed by atoms with Gasteiger partial charge < -0.3 is 5.32 Å². The molecule has 0 aromatic carbocycles. The summed E-state index contributed by atoms with van der Waals surface area (Å²) in [6.07, 6.45) is 12.2. The molecule has 2 rings (SSSR count). The number of aryl methyl sites for hydroxylation is 1. The van der Waals surface area contributed by atoms with Crippen molar-refractivity contribution < 1.29 is 4.79 Å². The fourth-order valence-electron chi connectivity index (χ4n) is 2.80. The second-order valence-corrected chi connectivity index (χ2v) is 6.26. The molecule has 1 aromatic rings. The number of hydrogen-bond donors (Lipinski definition) is 1. The van der Waals surface area contributed by atoms with E-state index in [1.807, 2.05) is 38.3 Å². The van der Waals surface area contributed by atoms with Crippen LogP contribution in [0.4, 0.5) is 0 Å². The molecular weight excluding hydrogens is 276 g/mol. The van der Waals surface area contributed by atoms with Crippen LogP contribution in [0.15, 0.2) is 24.0 Å². The lowest BCUT2D eigenvalue weighted by molar-refractivity contribution is -0.125. The quantitative estimate of drug-likeness (QED) is 0.786. The van der Waals surface area contributed by atoms with Crippen LogP contribution in [0.5, 0.6) is 0 Å². The van der Waals surface area contributed by atoms with Gasteiger partial charge in [-0.25, -0.2) is 0 Å². The van der Waals surface area contributed by atoms with E-state index in [-0.39, 0.29) is 11.9 Å². The van der Waals surface area contributed by atoms with E-state index in [0.717, 1.165) is 25.1 Å². The monoisotopic (exact) mass is 304 g/mol. The Balaban J connectivity index is 1.72. The number of hydrogen-bond acceptors (Lipinski definition) is 3. The molecule has 1 unspecified atom stereocenters. The maximum atomic E-state index is 12.2. The van der Waals surface area contributed by atoms with Crippen molar-refractivity contribution in [1.82, 2.24) is 20.0 Å². The normalized spacial score (nSPS) is 16.5. The summed E-state index contributed by atoms with van der Waals surface area (Å²) in [6, 6.07) is -0.138. The van der Waals surface area contributed by atoms with Crippen molar-refractivity contribution in [2.45, 2.75) is 51.6 Å². The number of likely N-dealkylation sites (N-methyl/N-ethyl adjacent to an activating group) is 1. The second-order valence-electron chi connectivity index (χ2n) is 6.26. The highest BCUT2D eigenvalue weighted by Crippen LogP contribution is 2.19. The molecule has 5 nitrogen and oxygen atoms in total. The summed E-state index contributed by atoms with van der Waals surface area (Å²) in [6.45, 7) is 3.43. The molecule has 1 atom stereocenters. The third kappa shape index (κ3) is 4.98. The van der Waals surface area contributed by atoms with Crippen molar-refractivity contribution in [2.75, 3.05) is 13.6 Å². The molecule has 5 heteroatoms. The predicted molar refractivity (Wildman–Crippen MR) is 88.3 cm³/mol. The van der Waals surface area contributed by atoms with Crippen molar-refractivity contribution in [3.05, 3.63) is 29.6 Å². The SMILES string of the molecule is CC(C(=O)NCCC1=CCCCC1)N(C)Cc1cnn(C)c1. The zero-order chi connectivity index (χ0) is 15.9. The highest BCUT2D eigenvalue weighted by molar-refractivity contribution is 5.81. The molecule has 1 aromatic heterocycles. The first-order chi connectivity index (χ1) is 10.6. The van der Waals surface area contributed by atoms with E-state index >= 15 is 0 Å². The Labute approximate surface area is 133 Å². The van der Waals surface area contributed by atoms with Gasteiger partial charge in [-0.3, -0.25) is 14.4 Å². The van der Waals surface area contributed by atoms with Gasteiger partial charge in [0.15, 0.2) is 0 Å². The number of aromatic nitrogens is 2. The van der Waals surface area contributed by atoms with Crippen molar-refractivity contribution in [3.8, 4) is 0 Å². The van der Waals surface area contributed by atoms with Gasteiger partial charge in [-0.05, 0) is 46.1 Å². The molecule has 1 N–H and O–H groups in total. The van der Waals surface area contributed by atoms with Crippen LogP contribution in [0.1, 0.15) is 44.6 Å². The number of nitrogens with zero attached hydrogens (tertiary/aromatic N) is 3. The van der Waals surface area contributed by atoms with Crippen molar-refractivity contribution in [1.29, 1.82) is 0 Å². The van der Waals surface area contributed by atoms with E-state index in [2.05, 4.69) is 16.5 Å². The van der Waals surface area contributed by atoms with Gasteiger partial charge in [0.2, 0.25) is 5.91 Å². The van der Waals surface area contributed by atoms with Crippen molar-refractivity contribution in [3.63, 3.8) is 0 Å². The molecule has 1 aliphatic rings. The smallest absolute Gasteiger partial charge is 0.237 e. The lowest BCUT2D eigenvalue weighted by atomic mass is 9.97. The highest BCUT2D eigenvalue weighted by atomic mass is 16.2. The van der Waals surface area contributed by atoms with Crippen LogP contribution < -0.4 is 5.32 Å². The molecule has 0 radical (unpaired) electrons. The third-order valence-corrected chi connectivity index (χ3v) is 4.36. The van der Waals surface area contributed by atoms with Crippen LogP contribution in [0.2, 0.25) is 0 Å². The summed E-state index contributed by atoms with van der Waals surface area (Å²) in [5.74, 6) is 0.0998. The first kappa shape index (κ1) is 16.7. The molecule has 1 aliphatic carbocycles. The summed E-state index contributed by atoms with van der Waals surface area (Å²) >= 11 is 0. The number of carbonyl (C=O) groups is 1. The number of amides is 1. The Bertz CT molecular complexity index is 520. The Morgan fingerprint density at radius 2 is 2.32 bits per heavy atom. The summed E-state index contributed by atoms with van der Waals surface area (Å²) < 4.78 is 1.78. The maximum Gasteiger partial charge on any atom is 0.237 e. The first-order valence-corrected chi connectivity index (χ1v) is 8.19. The molecule has 0 fully saturated rings. The van der Waals surface area contributed by atoms with E-state index in [1.165, 1.54) is 31.3 Å². The van der Waals surface area contributed by atoms with E-state index in [4.69, 9.17) is 0 Å². The molecule has 0 spiro atoms. The standard InChI is InChI=1S/C17H28N4O/c1-14(20(2)12-16-11-19-21(3)13-16)17(22)18-10-9-15-7-5-4-6-8-15/h7,11,13-14H,4-6,8-10,12H2,1-3H3,(H,18,22). The fraction of sp³-hybridized carbons (Fsp3) is 0.647. The Morgan fingerprint density at radius 3 is 2.95 bits per heavy atom.